The van der Waals surface area contributed by atoms with Crippen LogP contribution in [0.15, 0.2) is 24.3 Å². The summed E-state index contributed by atoms with van der Waals surface area (Å²) in [7, 11) is 17.0. The number of ether oxygens (including phenoxy) is 5. The highest BCUT2D eigenvalue weighted by atomic mass is 16.6. The van der Waals surface area contributed by atoms with Crippen molar-refractivity contribution >= 4 is 65.1 Å². The number of esters is 2. The molecule has 0 aromatic heterocycles. The predicted molar refractivity (Wildman–Crippen MR) is 343 cm³/mol. The van der Waals surface area contributed by atoms with Crippen molar-refractivity contribution in [1.82, 2.24) is 49.8 Å². The SMILES string of the molecule is CCC(C)C1C(=O)NC(C)C(=O)N(C)C(CC(C)C)C(=O)NC(Cc2ccc(OC)cc2)C(=O)N(C)C(C)C(=O)OC(C)C(N(C)C(=O)C(CC(C)C)N(C)C(=O)C(COC)N(C)C(=O)C(OC(=O)C(C(C)C)N(C)C)C(C)C)C(=O)N(C)C(COC)C(=O)N1C. The van der Waals surface area contributed by atoms with E-state index in [-0.39, 0.29) is 43.6 Å². The van der Waals surface area contributed by atoms with Crippen molar-refractivity contribution < 1.29 is 76.4 Å². The molecule has 0 radical (unpaired) electrons. The zero-order chi connectivity index (χ0) is 70.0. The number of cyclic esters (lactones) is 1. The fourth-order valence-electron chi connectivity index (χ4n) is 11.3. The maximum Gasteiger partial charge on any atom is 0.328 e. The Kier molecular flexibility index (Phi) is 32.0. The second kappa shape index (κ2) is 36.3. The standard InChI is InChI=1S/C65H110N10O16/c1-26-40(10)52-56(77)66-41(11)57(78)70(17)47(31-36(2)3)55(76)67-46(33-44-27-29-45(89-25)30-28-44)58(79)69(16)42(12)64(85)90-43(13)53(62(83)72(19)50(35-88-24)61(82)74(52)21)75(22)59(80)48(32-37(4)5)71(18)60(81)49(34-87-23)73(20)63(84)54(39(8)9)91-65(86)51(38(6)7)68(14)15/h27-30,36-43,46-54H,26,31-35H2,1-25H3,(H,66,77)(H,67,76). The van der Waals surface area contributed by atoms with Crippen LogP contribution < -0.4 is 15.4 Å². The fourth-order valence-corrected chi connectivity index (χ4v) is 11.3. The van der Waals surface area contributed by atoms with Crippen LogP contribution in [0.25, 0.3) is 0 Å². The average Bonchev–Trinajstić information content (AvgIpc) is 0.922. The molecule has 0 spiro atoms. The van der Waals surface area contributed by atoms with Gasteiger partial charge in [0.1, 0.15) is 72.3 Å². The lowest BCUT2D eigenvalue weighted by Crippen LogP contribution is -2.64. The van der Waals surface area contributed by atoms with Crippen molar-refractivity contribution in [2.24, 2.45) is 29.6 Å². The Hall–Kier alpha value is -6.93. The van der Waals surface area contributed by atoms with Crippen molar-refractivity contribution in [2.45, 2.75) is 188 Å². The van der Waals surface area contributed by atoms with E-state index in [4.69, 9.17) is 23.7 Å². The van der Waals surface area contributed by atoms with Gasteiger partial charge in [-0.1, -0.05) is 87.8 Å². The third-order valence-corrected chi connectivity index (χ3v) is 17.2. The molecule has 1 aromatic rings. The molecule has 1 saturated heterocycles. The van der Waals surface area contributed by atoms with Gasteiger partial charge in [0.25, 0.3) is 5.91 Å². The van der Waals surface area contributed by atoms with Crippen molar-refractivity contribution in [1.29, 1.82) is 0 Å². The highest BCUT2D eigenvalue weighted by Gasteiger charge is 2.47. The van der Waals surface area contributed by atoms with E-state index in [0.717, 1.165) is 24.5 Å². The smallest absolute Gasteiger partial charge is 0.328 e. The van der Waals surface area contributed by atoms with Gasteiger partial charge in [-0.2, -0.15) is 0 Å². The maximum atomic E-state index is 15.6. The number of nitrogens with zero attached hydrogens (tertiary/aromatic N) is 8. The van der Waals surface area contributed by atoms with Gasteiger partial charge in [0.15, 0.2) is 6.10 Å². The molecule has 0 bridgehead atoms. The quantitative estimate of drug-likeness (QED) is 0.141. The Morgan fingerprint density at radius 2 is 1.19 bits per heavy atom. The van der Waals surface area contributed by atoms with E-state index in [1.54, 1.807) is 64.0 Å². The molecule has 1 aromatic carbocycles. The minimum Gasteiger partial charge on any atom is -0.497 e. The predicted octanol–water partition coefficient (Wildman–Crippen LogP) is 2.57. The number of carbonyl (C=O) groups is 11. The first-order valence-electron chi connectivity index (χ1n) is 31.4. The molecule has 9 amide bonds. The number of rotatable bonds is 24. The van der Waals surface area contributed by atoms with Gasteiger partial charge in [-0.15, -0.1) is 0 Å². The monoisotopic (exact) mass is 1290 g/mol. The number of methoxy groups -OCH3 is 3. The van der Waals surface area contributed by atoms with Crippen LogP contribution in [-0.2, 0) is 78.1 Å². The Bertz CT molecular complexity index is 2630. The van der Waals surface area contributed by atoms with Crippen molar-refractivity contribution in [2.75, 3.05) is 98.0 Å². The van der Waals surface area contributed by atoms with Gasteiger partial charge in [0.2, 0.25) is 47.3 Å². The first kappa shape index (κ1) is 80.2. The molecule has 1 aliphatic heterocycles. The van der Waals surface area contributed by atoms with Crippen LogP contribution in [-0.4, -0.2) is 275 Å². The molecular formula is C65H110N10O16. The lowest BCUT2D eigenvalue weighted by molar-refractivity contribution is -0.171. The average molecular weight is 1290 g/mol. The molecule has 1 aliphatic rings. The van der Waals surface area contributed by atoms with E-state index in [9.17, 15) is 33.6 Å². The molecule has 516 valence electrons. The Morgan fingerprint density at radius 3 is 1.67 bits per heavy atom. The van der Waals surface area contributed by atoms with Gasteiger partial charge in [0.05, 0.1) is 20.3 Å². The number of hydrogen-bond acceptors (Lipinski definition) is 17. The molecule has 26 nitrogen and oxygen atoms in total. The normalized spacial score (nSPS) is 23.3. The van der Waals surface area contributed by atoms with Gasteiger partial charge in [-0.25, -0.2) is 4.79 Å². The van der Waals surface area contributed by atoms with Crippen LogP contribution in [0.1, 0.15) is 115 Å². The van der Waals surface area contributed by atoms with Crippen molar-refractivity contribution in [3.05, 3.63) is 29.8 Å². The fraction of sp³-hybridized carbons (Fsp3) is 0.738. The zero-order valence-corrected chi connectivity index (χ0v) is 59.0. The van der Waals surface area contributed by atoms with Crippen LogP contribution in [0.2, 0.25) is 0 Å². The summed E-state index contributed by atoms with van der Waals surface area (Å²) in [4.78, 5) is 172. The summed E-state index contributed by atoms with van der Waals surface area (Å²) in [5.74, 6) is -9.68. The van der Waals surface area contributed by atoms with Gasteiger partial charge in [0, 0.05) is 70.0 Å². The first-order valence-corrected chi connectivity index (χ1v) is 31.4. The van der Waals surface area contributed by atoms with Crippen LogP contribution in [0.3, 0.4) is 0 Å². The van der Waals surface area contributed by atoms with E-state index >= 15 is 19.2 Å². The highest BCUT2D eigenvalue weighted by molar-refractivity contribution is 5.99. The van der Waals surface area contributed by atoms with Gasteiger partial charge in [-0.05, 0) is 95.0 Å². The van der Waals surface area contributed by atoms with E-state index in [1.807, 2.05) is 48.5 Å². The number of hydrogen-bond donors (Lipinski definition) is 2. The number of likely N-dealkylation sites (N-methyl/N-ethyl adjacent to an activating group) is 8. The molecular weight excluding hydrogens is 1180 g/mol. The Balaban J connectivity index is 3.02. The highest BCUT2D eigenvalue weighted by Crippen LogP contribution is 2.25. The zero-order valence-electron chi connectivity index (χ0n) is 59.0. The minimum absolute atomic E-state index is 0.00735. The van der Waals surface area contributed by atoms with Crippen LogP contribution in [0.5, 0.6) is 5.75 Å². The summed E-state index contributed by atoms with van der Waals surface area (Å²) in [6.07, 6.45) is -2.49. The maximum absolute atomic E-state index is 15.6. The van der Waals surface area contributed by atoms with Gasteiger partial charge < -0.3 is 68.6 Å². The number of carbonyl (C=O) groups excluding carboxylic acids is 11. The third kappa shape index (κ3) is 21.0. The number of nitrogens with one attached hydrogen (secondary N) is 2. The van der Waals surface area contributed by atoms with Crippen molar-refractivity contribution in [3.63, 3.8) is 0 Å². The Morgan fingerprint density at radius 1 is 0.626 bits per heavy atom. The van der Waals surface area contributed by atoms with Gasteiger partial charge in [-0.3, -0.25) is 52.8 Å². The lowest BCUT2D eigenvalue weighted by Gasteiger charge is -2.41. The topological polar surface area (TPSA) is 284 Å². The molecule has 13 unspecified atom stereocenters. The van der Waals surface area contributed by atoms with Crippen LogP contribution in [0.4, 0.5) is 0 Å². The van der Waals surface area contributed by atoms with E-state index in [0.29, 0.717) is 17.7 Å². The lowest BCUT2D eigenvalue weighted by atomic mass is 9.95. The largest absolute Gasteiger partial charge is 0.497 e. The molecule has 2 N–H and O–H groups in total. The second-order valence-corrected chi connectivity index (χ2v) is 26.1. The summed E-state index contributed by atoms with van der Waals surface area (Å²) in [6.45, 7) is 21.4. The molecule has 0 aliphatic carbocycles. The van der Waals surface area contributed by atoms with E-state index < -0.39 is 156 Å². The summed E-state index contributed by atoms with van der Waals surface area (Å²) in [5.41, 5.74) is 0.597. The molecule has 91 heavy (non-hydrogen) atoms. The summed E-state index contributed by atoms with van der Waals surface area (Å²) in [5, 5.41) is 5.63. The summed E-state index contributed by atoms with van der Waals surface area (Å²) < 4.78 is 28.5. The number of benzene rings is 1. The van der Waals surface area contributed by atoms with E-state index in [1.165, 1.54) is 101 Å². The molecule has 0 saturated carbocycles. The third-order valence-electron chi connectivity index (χ3n) is 17.2. The minimum atomic E-state index is -1.79. The van der Waals surface area contributed by atoms with Crippen LogP contribution >= 0.6 is 0 Å². The number of amides is 9. The summed E-state index contributed by atoms with van der Waals surface area (Å²) in [6, 6.07) is -6.41. The second-order valence-electron chi connectivity index (χ2n) is 26.1. The Labute approximate surface area is 540 Å². The molecule has 1 fully saturated rings. The molecule has 1 heterocycles. The molecule has 26 heteroatoms. The first-order chi connectivity index (χ1) is 42.3. The summed E-state index contributed by atoms with van der Waals surface area (Å²) >= 11 is 0. The van der Waals surface area contributed by atoms with E-state index in [2.05, 4.69) is 10.6 Å². The molecule has 13 atom stereocenters. The van der Waals surface area contributed by atoms with Crippen LogP contribution in [0, 0.1) is 29.6 Å². The van der Waals surface area contributed by atoms with Gasteiger partial charge >= 0.3 is 11.9 Å². The molecule has 2 rings (SSSR count). The van der Waals surface area contributed by atoms with Crippen molar-refractivity contribution in [3.8, 4) is 5.75 Å².